The van der Waals surface area contributed by atoms with E-state index in [-0.39, 0.29) is 11.8 Å². The molecule has 5 nitrogen and oxygen atoms in total. The van der Waals surface area contributed by atoms with Crippen molar-refractivity contribution in [3.8, 4) is 5.75 Å². The van der Waals surface area contributed by atoms with Gasteiger partial charge in [-0.2, -0.15) is 0 Å². The lowest BCUT2D eigenvalue weighted by atomic mass is 10.0. The first-order valence-electron chi connectivity index (χ1n) is 6.38. The number of amides is 1. The lowest BCUT2D eigenvalue weighted by Crippen LogP contribution is -2.22. The summed E-state index contributed by atoms with van der Waals surface area (Å²) in [6.45, 7) is 0. The lowest BCUT2D eigenvalue weighted by Gasteiger charge is -2.13. The van der Waals surface area contributed by atoms with Crippen LogP contribution in [0, 0.1) is 11.8 Å². The molecule has 1 aliphatic carbocycles. The highest BCUT2D eigenvalue weighted by molar-refractivity contribution is 6.31. The normalized spacial score (nSPS) is 21.5. The van der Waals surface area contributed by atoms with Crippen LogP contribution in [0.3, 0.4) is 0 Å². The second kappa shape index (κ2) is 6.13. The molecule has 0 bridgehead atoms. The maximum atomic E-state index is 12.2. The zero-order valence-corrected chi connectivity index (χ0v) is 11.8. The molecule has 2 N–H and O–H groups in total. The van der Waals surface area contributed by atoms with Crippen molar-refractivity contribution >= 4 is 29.2 Å². The molecular weight excluding hydrogens is 282 g/mol. The van der Waals surface area contributed by atoms with Gasteiger partial charge >= 0.3 is 5.97 Å². The van der Waals surface area contributed by atoms with Gasteiger partial charge in [0.1, 0.15) is 5.75 Å². The fourth-order valence-electron chi connectivity index (χ4n) is 2.46. The molecule has 1 saturated carbocycles. The first-order valence-corrected chi connectivity index (χ1v) is 6.76. The standard InChI is InChI=1S/C14H16ClNO4/c1-20-12-5-4-10(15)7-11(12)16-13(17)8-2-3-9(6-8)14(18)19/h4-5,7-9H,2-3,6H2,1H3,(H,16,17)(H,18,19)/t8-,9+/m1/s1. The Labute approximate surface area is 121 Å². The molecule has 0 unspecified atom stereocenters. The van der Waals surface area contributed by atoms with E-state index in [0.29, 0.717) is 35.7 Å². The van der Waals surface area contributed by atoms with Crippen LogP contribution >= 0.6 is 11.6 Å². The Hall–Kier alpha value is -1.75. The Morgan fingerprint density at radius 2 is 2.05 bits per heavy atom. The van der Waals surface area contributed by atoms with Crippen molar-refractivity contribution < 1.29 is 19.4 Å². The summed E-state index contributed by atoms with van der Waals surface area (Å²) in [5, 5.41) is 12.2. The van der Waals surface area contributed by atoms with Crippen LogP contribution in [0.1, 0.15) is 19.3 Å². The van der Waals surface area contributed by atoms with Gasteiger partial charge in [-0.1, -0.05) is 11.6 Å². The van der Waals surface area contributed by atoms with Crippen LogP contribution in [0.25, 0.3) is 0 Å². The molecule has 1 fully saturated rings. The number of rotatable bonds is 4. The molecule has 0 saturated heterocycles. The van der Waals surface area contributed by atoms with Crippen molar-refractivity contribution in [3.63, 3.8) is 0 Å². The quantitative estimate of drug-likeness (QED) is 0.896. The van der Waals surface area contributed by atoms with Gasteiger partial charge in [-0.25, -0.2) is 0 Å². The van der Waals surface area contributed by atoms with Gasteiger partial charge in [0.2, 0.25) is 5.91 Å². The second-order valence-electron chi connectivity index (χ2n) is 4.88. The van der Waals surface area contributed by atoms with E-state index in [1.165, 1.54) is 7.11 Å². The summed E-state index contributed by atoms with van der Waals surface area (Å²) >= 11 is 5.90. The van der Waals surface area contributed by atoms with Gasteiger partial charge in [0.05, 0.1) is 18.7 Å². The van der Waals surface area contributed by atoms with Crippen molar-refractivity contribution in [2.75, 3.05) is 12.4 Å². The molecule has 0 radical (unpaired) electrons. The van der Waals surface area contributed by atoms with E-state index in [1.54, 1.807) is 18.2 Å². The van der Waals surface area contributed by atoms with Crippen LogP contribution in [-0.2, 0) is 9.59 Å². The average molecular weight is 298 g/mol. The minimum atomic E-state index is -0.833. The molecule has 0 heterocycles. The minimum absolute atomic E-state index is 0.186. The summed E-state index contributed by atoms with van der Waals surface area (Å²) in [4.78, 5) is 23.1. The average Bonchev–Trinajstić information content (AvgIpc) is 2.89. The summed E-state index contributed by atoms with van der Waals surface area (Å²) in [6.07, 6.45) is 1.51. The van der Waals surface area contributed by atoms with Gasteiger partial charge < -0.3 is 15.2 Å². The van der Waals surface area contributed by atoms with E-state index >= 15 is 0 Å². The molecule has 0 aliphatic heterocycles. The zero-order chi connectivity index (χ0) is 14.7. The minimum Gasteiger partial charge on any atom is -0.495 e. The second-order valence-corrected chi connectivity index (χ2v) is 5.32. The molecule has 20 heavy (non-hydrogen) atoms. The number of carboxylic acids is 1. The Kier molecular flexibility index (Phi) is 4.49. The van der Waals surface area contributed by atoms with Crippen molar-refractivity contribution in [1.82, 2.24) is 0 Å². The van der Waals surface area contributed by atoms with E-state index < -0.39 is 11.9 Å². The molecular formula is C14H16ClNO4. The van der Waals surface area contributed by atoms with E-state index in [0.717, 1.165) is 0 Å². The maximum absolute atomic E-state index is 12.2. The van der Waals surface area contributed by atoms with Crippen LogP contribution in [0.5, 0.6) is 5.75 Å². The first-order chi connectivity index (χ1) is 9.51. The van der Waals surface area contributed by atoms with Gasteiger partial charge in [-0.3, -0.25) is 9.59 Å². The number of nitrogens with one attached hydrogen (secondary N) is 1. The van der Waals surface area contributed by atoms with Crippen molar-refractivity contribution in [1.29, 1.82) is 0 Å². The summed E-state index contributed by atoms with van der Waals surface area (Å²) < 4.78 is 5.16. The van der Waals surface area contributed by atoms with Crippen LogP contribution in [0.15, 0.2) is 18.2 Å². The van der Waals surface area contributed by atoms with Gasteiger partial charge in [0.25, 0.3) is 0 Å². The third-order valence-corrected chi connectivity index (χ3v) is 3.81. The van der Waals surface area contributed by atoms with Crippen LogP contribution in [-0.4, -0.2) is 24.1 Å². The number of carbonyl (C=O) groups excluding carboxylic acids is 1. The number of aliphatic carboxylic acids is 1. The fourth-order valence-corrected chi connectivity index (χ4v) is 2.63. The van der Waals surface area contributed by atoms with E-state index in [4.69, 9.17) is 21.4 Å². The molecule has 2 rings (SSSR count). The number of ether oxygens (including phenoxy) is 1. The summed E-state index contributed by atoms with van der Waals surface area (Å²) in [6, 6.07) is 4.96. The number of carbonyl (C=O) groups is 2. The summed E-state index contributed by atoms with van der Waals surface area (Å²) in [7, 11) is 1.51. The monoisotopic (exact) mass is 297 g/mol. The van der Waals surface area contributed by atoms with Crippen molar-refractivity contribution in [2.24, 2.45) is 11.8 Å². The highest BCUT2D eigenvalue weighted by atomic mass is 35.5. The van der Waals surface area contributed by atoms with E-state index in [1.807, 2.05) is 0 Å². The number of methoxy groups -OCH3 is 1. The Bertz CT molecular complexity index is 532. The lowest BCUT2D eigenvalue weighted by molar-refractivity contribution is -0.141. The molecule has 1 aromatic rings. The van der Waals surface area contributed by atoms with Crippen LogP contribution in [0.4, 0.5) is 5.69 Å². The third kappa shape index (κ3) is 3.22. The Morgan fingerprint density at radius 3 is 2.65 bits per heavy atom. The number of anilines is 1. The van der Waals surface area contributed by atoms with Crippen molar-refractivity contribution in [3.05, 3.63) is 23.2 Å². The van der Waals surface area contributed by atoms with Crippen LogP contribution < -0.4 is 10.1 Å². The Balaban J connectivity index is 2.05. The van der Waals surface area contributed by atoms with E-state index in [2.05, 4.69) is 5.32 Å². The fraction of sp³-hybridized carbons (Fsp3) is 0.429. The molecule has 1 aliphatic rings. The summed E-state index contributed by atoms with van der Waals surface area (Å²) in [5.41, 5.74) is 0.503. The predicted octanol–water partition coefficient (Wildman–Crippen LogP) is 2.79. The van der Waals surface area contributed by atoms with Gasteiger partial charge in [-0.05, 0) is 37.5 Å². The molecule has 2 atom stereocenters. The van der Waals surface area contributed by atoms with Crippen molar-refractivity contribution in [2.45, 2.75) is 19.3 Å². The molecule has 1 aromatic carbocycles. The predicted molar refractivity (Wildman–Crippen MR) is 75.1 cm³/mol. The van der Waals surface area contributed by atoms with Gasteiger partial charge in [0.15, 0.2) is 0 Å². The number of carboxylic acid groups (broad SMARTS) is 1. The maximum Gasteiger partial charge on any atom is 0.306 e. The smallest absolute Gasteiger partial charge is 0.306 e. The highest BCUT2D eigenvalue weighted by Gasteiger charge is 2.34. The molecule has 1 amide bonds. The number of benzene rings is 1. The van der Waals surface area contributed by atoms with Crippen LogP contribution in [0.2, 0.25) is 5.02 Å². The largest absolute Gasteiger partial charge is 0.495 e. The Morgan fingerprint density at radius 1 is 1.35 bits per heavy atom. The summed E-state index contributed by atoms with van der Waals surface area (Å²) in [5.74, 6) is -1.20. The number of hydrogen-bond donors (Lipinski definition) is 2. The van der Waals surface area contributed by atoms with Gasteiger partial charge in [-0.15, -0.1) is 0 Å². The first kappa shape index (κ1) is 14.7. The topological polar surface area (TPSA) is 75.6 Å². The number of hydrogen-bond acceptors (Lipinski definition) is 3. The third-order valence-electron chi connectivity index (χ3n) is 3.57. The zero-order valence-electron chi connectivity index (χ0n) is 11.1. The highest BCUT2D eigenvalue weighted by Crippen LogP contribution is 2.33. The number of halogens is 1. The molecule has 6 heteroatoms. The molecule has 0 aromatic heterocycles. The SMILES string of the molecule is COc1ccc(Cl)cc1NC(=O)[C@@H]1CC[C@H](C(=O)O)C1. The molecule has 0 spiro atoms. The van der Waals surface area contributed by atoms with E-state index in [9.17, 15) is 9.59 Å². The molecule has 108 valence electrons. The van der Waals surface area contributed by atoms with Gasteiger partial charge in [0, 0.05) is 10.9 Å².